The first kappa shape index (κ1) is 23.9. The van der Waals surface area contributed by atoms with Crippen LogP contribution in [0.1, 0.15) is 10.4 Å². The molecule has 4 aromatic rings. The lowest BCUT2D eigenvalue weighted by Crippen LogP contribution is -2.32. The SMILES string of the molecule is O=C(Oc1ccc2ccccc2c1)c1ccc(NC2=C(Cl)C(=O)N(c3cc(Cl)ccc3Cl)C2=O)cc1. The van der Waals surface area contributed by atoms with Crippen molar-refractivity contribution in [3.05, 3.63) is 111 Å². The summed E-state index contributed by atoms with van der Waals surface area (Å²) >= 11 is 18.3. The van der Waals surface area contributed by atoms with Crippen LogP contribution in [0.5, 0.6) is 5.75 Å². The molecule has 178 valence electrons. The molecular weight excluding hydrogens is 523 g/mol. The third-order valence-corrected chi connectivity index (χ3v) is 6.40. The first-order valence-corrected chi connectivity index (χ1v) is 11.8. The molecule has 0 saturated heterocycles. The van der Waals surface area contributed by atoms with Gasteiger partial charge in [-0.15, -0.1) is 0 Å². The number of anilines is 2. The molecular formula is C27H15Cl3N2O4. The van der Waals surface area contributed by atoms with Crippen molar-refractivity contribution in [1.82, 2.24) is 0 Å². The van der Waals surface area contributed by atoms with E-state index in [9.17, 15) is 14.4 Å². The van der Waals surface area contributed by atoms with Gasteiger partial charge in [0.1, 0.15) is 16.5 Å². The molecule has 0 radical (unpaired) electrons. The summed E-state index contributed by atoms with van der Waals surface area (Å²) < 4.78 is 5.50. The predicted octanol–water partition coefficient (Wildman–Crippen LogP) is 6.80. The van der Waals surface area contributed by atoms with Crippen LogP contribution in [0.2, 0.25) is 10.0 Å². The Morgan fingerprint density at radius 1 is 0.778 bits per heavy atom. The highest BCUT2D eigenvalue weighted by Gasteiger charge is 2.40. The molecule has 5 rings (SSSR count). The second kappa shape index (κ2) is 9.66. The van der Waals surface area contributed by atoms with E-state index < -0.39 is 17.8 Å². The van der Waals surface area contributed by atoms with Crippen LogP contribution in [0.3, 0.4) is 0 Å². The third kappa shape index (κ3) is 4.54. The minimum atomic E-state index is -0.732. The molecule has 0 aromatic heterocycles. The van der Waals surface area contributed by atoms with E-state index in [0.29, 0.717) is 22.0 Å². The Morgan fingerprint density at radius 3 is 2.25 bits per heavy atom. The molecule has 0 aliphatic carbocycles. The summed E-state index contributed by atoms with van der Waals surface area (Å²) in [7, 11) is 0. The summed E-state index contributed by atoms with van der Waals surface area (Å²) in [6.07, 6.45) is 0. The number of hydrogen-bond donors (Lipinski definition) is 1. The molecule has 2 amide bonds. The highest BCUT2D eigenvalue weighted by molar-refractivity contribution is 6.54. The molecule has 0 bridgehead atoms. The monoisotopic (exact) mass is 536 g/mol. The maximum atomic E-state index is 13.0. The Labute approximate surface area is 220 Å². The molecule has 0 saturated carbocycles. The molecule has 6 nitrogen and oxygen atoms in total. The number of ether oxygens (including phenoxy) is 1. The first-order chi connectivity index (χ1) is 17.3. The van der Waals surface area contributed by atoms with Crippen molar-refractivity contribution < 1.29 is 19.1 Å². The van der Waals surface area contributed by atoms with E-state index >= 15 is 0 Å². The van der Waals surface area contributed by atoms with Gasteiger partial charge in [0.2, 0.25) is 0 Å². The average molecular weight is 538 g/mol. The molecule has 0 fully saturated rings. The molecule has 0 atom stereocenters. The summed E-state index contributed by atoms with van der Waals surface area (Å²) in [6.45, 7) is 0. The molecule has 9 heteroatoms. The lowest BCUT2D eigenvalue weighted by Gasteiger charge is -2.17. The third-order valence-electron chi connectivity index (χ3n) is 5.50. The van der Waals surface area contributed by atoms with E-state index in [4.69, 9.17) is 39.5 Å². The van der Waals surface area contributed by atoms with Gasteiger partial charge in [-0.3, -0.25) is 9.59 Å². The van der Waals surface area contributed by atoms with Crippen LogP contribution < -0.4 is 15.0 Å². The second-order valence-corrected chi connectivity index (χ2v) is 9.05. The van der Waals surface area contributed by atoms with Crippen LogP contribution in [0, 0.1) is 0 Å². The van der Waals surface area contributed by atoms with Crippen molar-refractivity contribution in [2.24, 2.45) is 0 Å². The normalized spacial score (nSPS) is 13.5. The van der Waals surface area contributed by atoms with Crippen molar-refractivity contribution in [2.75, 3.05) is 10.2 Å². The van der Waals surface area contributed by atoms with Crippen molar-refractivity contribution >= 4 is 74.7 Å². The van der Waals surface area contributed by atoms with E-state index in [1.54, 1.807) is 30.3 Å². The molecule has 4 aromatic carbocycles. The number of amides is 2. The van der Waals surface area contributed by atoms with Crippen molar-refractivity contribution in [2.45, 2.75) is 0 Å². The Morgan fingerprint density at radius 2 is 1.50 bits per heavy atom. The number of esters is 1. The standard InChI is InChI=1S/C27H15Cl3N2O4/c28-18-8-12-21(29)22(14-18)32-25(33)23(30)24(26(32)34)31-19-9-5-16(6-10-19)27(35)36-20-11-7-15-3-1-2-4-17(15)13-20/h1-14,31H. The predicted molar refractivity (Wildman–Crippen MR) is 141 cm³/mol. The highest BCUT2D eigenvalue weighted by atomic mass is 35.5. The Balaban J connectivity index is 1.31. The summed E-state index contributed by atoms with van der Waals surface area (Å²) in [5.41, 5.74) is 0.741. The van der Waals surface area contributed by atoms with Gasteiger partial charge in [0, 0.05) is 10.7 Å². The van der Waals surface area contributed by atoms with Crippen molar-refractivity contribution in [1.29, 1.82) is 0 Å². The Kier molecular flexibility index (Phi) is 6.41. The van der Waals surface area contributed by atoms with Crippen LogP contribution in [-0.4, -0.2) is 17.8 Å². The number of halogens is 3. The number of benzene rings is 4. The van der Waals surface area contributed by atoms with E-state index in [2.05, 4.69) is 5.32 Å². The summed E-state index contributed by atoms with van der Waals surface area (Å²) in [5, 5.41) is 5.02. The van der Waals surface area contributed by atoms with Gasteiger partial charge in [0.25, 0.3) is 11.8 Å². The molecule has 1 heterocycles. The number of carbonyl (C=O) groups excluding carboxylic acids is 3. The molecule has 1 aliphatic heterocycles. The fourth-order valence-electron chi connectivity index (χ4n) is 3.72. The Bertz CT molecular complexity index is 1580. The largest absolute Gasteiger partial charge is 0.423 e. The second-order valence-electron chi connectivity index (χ2n) is 7.83. The molecule has 1 N–H and O–H groups in total. The smallest absolute Gasteiger partial charge is 0.343 e. The van der Waals surface area contributed by atoms with Crippen molar-refractivity contribution in [3.8, 4) is 5.75 Å². The fraction of sp³-hybridized carbons (Fsp3) is 0. The van der Waals surface area contributed by atoms with E-state index in [1.165, 1.54) is 24.3 Å². The lowest BCUT2D eigenvalue weighted by molar-refractivity contribution is -0.120. The van der Waals surface area contributed by atoms with E-state index in [-0.39, 0.29) is 21.4 Å². The molecule has 1 aliphatic rings. The molecule has 36 heavy (non-hydrogen) atoms. The fourth-order valence-corrected chi connectivity index (χ4v) is 4.30. The van der Waals surface area contributed by atoms with Gasteiger partial charge in [-0.2, -0.15) is 0 Å². The van der Waals surface area contributed by atoms with Gasteiger partial charge < -0.3 is 10.1 Å². The zero-order valence-corrected chi connectivity index (χ0v) is 20.6. The quantitative estimate of drug-likeness (QED) is 0.172. The minimum Gasteiger partial charge on any atom is -0.423 e. The summed E-state index contributed by atoms with van der Waals surface area (Å²) in [4.78, 5) is 39.1. The van der Waals surface area contributed by atoms with Crippen molar-refractivity contribution in [3.63, 3.8) is 0 Å². The van der Waals surface area contributed by atoms with Crippen LogP contribution in [-0.2, 0) is 9.59 Å². The first-order valence-electron chi connectivity index (χ1n) is 10.6. The average Bonchev–Trinajstić information content (AvgIpc) is 3.08. The minimum absolute atomic E-state index is 0.121. The van der Waals surface area contributed by atoms with Gasteiger partial charge in [-0.1, -0.05) is 65.1 Å². The van der Waals surface area contributed by atoms with Crippen LogP contribution in [0.15, 0.2) is 95.7 Å². The van der Waals surface area contributed by atoms with Crippen LogP contribution in [0.4, 0.5) is 11.4 Å². The van der Waals surface area contributed by atoms with Gasteiger partial charge in [-0.25, -0.2) is 9.69 Å². The maximum Gasteiger partial charge on any atom is 0.343 e. The summed E-state index contributed by atoms with van der Waals surface area (Å²) in [5.74, 6) is -1.53. The Hall–Kier alpha value is -3.84. The number of rotatable bonds is 5. The number of fused-ring (bicyclic) bond motifs is 1. The summed E-state index contributed by atoms with van der Waals surface area (Å²) in [6, 6.07) is 23.8. The van der Waals surface area contributed by atoms with Gasteiger partial charge in [0.05, 0.1) is 16.3 Å². The lowest BCUT2D eigenvalue weighted by atomic mass is 10.1. The number of nitrogens with zero attached hydrogens (tertiary/aromatic N) is 1. The molecule has 0 spiro atoms. The van der Waals surface area contributed by atoms with Crippen LogP contribution >= 0.6 is 34.8 Å². The topological polar surface area (TPSA) is 75.7 Å². The zero-order valence-electron chi connectivity index (χ0n) is 18.3. The van der Waals surface area contributed by atoms with Gasteiger partial charge in [0.15, 0.2) is 0 Å². The highest BCUT2D eigenvalue weighted by Crippen LogP contribution is 2.36. The van der Waals surface area contributed by atoms with E-state index in [0.717, 1.165) is 15.7 Å². The number of hydrogen-bond acceptors (Lipinski definition) is 5. The van der Waals surface area contributed by atoms with E-state index in [1.807, 2.05) is 30.3 Å². The number of carbonyl (C=O) groups is 3. The number of imide groups is 1. The van der Waals surface area contributed by atoms with Crippen LogP contribution in [0.25, 0.3) is 10.8 Å². The maximum absolute atomic E-state index is 13.0. The van der Waals surface area contributed by atoms with Gasteiger partial charge >= 0.3 is 5.97 Å². The molecule has 0 unspecified atom stereocenters. The zero-order chi connectivity index (χ0) is 25.4. The number of nitrogens with one attached hydrogen (secondary N) is 1. The van der Waals surface area contributed by atoms with Gasteiger partial charge in [-0.05, 0) is 65.4 Å².